The van der Waals surface area contributed by atoms with Crippen molar-refractivity contribution in [2.24, 2.45) is 17.4 Å². The first-order chi connectivity index (χ1) is 6.88. The topological polar surface area (TPSA) is 118 Å². The zero-order valence-corrected chi connectivity index (χ0v) is 9.06. The van der Waals surface area contributed by atoms with Crippen molar-refractivity contribution in [2.45, 2.75) is 32.4 Å². The Balaban J connectivity index is 4.15. The summed E-state index contributed by atoms with van der Waals surface area (Å²) in [5, 5.41) is 11.5. The maximum Gasteiger partial charge on any atom is 0.237 e. The molecule has 0 spiro atoms. The SMILES string of the molecule is CC(C)C(CO)NC(=O)C(N)CC(N)=O. The number of primary amides is 1. The number of carbonyl (C=O) groups is 2. The van der Waals surface area contributed by atoms with Crippen molar-refractivity contribution in [3.8, 4) is 0 Å². The Morgan fingerprint density at radius 3 is 2.27 bits per heavy atom. The van der Waals surface area contributed by atoms with E-state index in [-0.39, 0.29) is 25.0 Å². The molecular weight excluding hydrogens is 198 g/mol. The molecule has 88 valence electrons. The average Bonchev–Trinajstić information content (AvgIpc) is 2.11. The minimum Gasteiger partial charge on any atom is -0.394 e. The Morgan fingerprint density at radius 2 is 1.93 bits per heavy atom. The van der Waals surface area contributed by atoms with Crippen LogP contribution in [0, 0.1) is 5.92 Å². The standard InChI is InChI=1S/C9H19N3O3/c1-5(2)7(4-13)12-9(15)6(10)3-8(11)14/h5-7,13H,3-4,10H2,1-2H3,(H2,11,14)(H,12,15). The molecule has 2 unspecified atom stereocenters. The highest BCUT2D eigenvalue weighted by Crippen LogP contribution is 2.01. The first-order valence-electron chi connectivity index (χ1n) is 4.83. The fourth-order valence-electron chi connectivity index (χ4n) is 1.02. The molecule has 2 amide bonds. The molecule has 0 rings (SSSR count). The summed E-state index contributed by atoms with van der Waals surface area (Å²) in [7, 11) is 0. The fourth-order valence-corrected chi connectivity index (χ4v) is 1.02. The molecule has 0 saturated heterocycles. The molecule has 0 bridgehead atoms. The van der Waals surface area contributed by atoms with Gasteiger partial charge >= 0.3 is 0 Å². The van der Waals surface area contributed by atoms with E-state index in [0.29, 0.717) is 0 Å². The zero-order valence-electron chi connectivity index (χ0n) is 9.06. The molecule has 0 aliphatic carbocycles. The fraction of sp³-hybridized carbons (Fsp3) is 0.778. The second-order valence-electron chi connectivity index (χ2n) is 3.82. The molecule has 0 heterocycles. The summed E-state index contributed by atoms with van der Waals surface area (Å²) in [5.74, 6) is -0.996. The summed E-state index contributed by atoms with van der Waals surface area (Å²) >= 11 is 0. The van der Waals surface area contributed by atoms with Crippen LogP contribution >= 0.6 is 0 Å². The Hall–Kier alpha value is -1.14. The monoisotopic (exact) mass is 217 g/mol. The van der Waals surface area contributed by atoms with Crippen molar-refractivity contribution < 1.29 is 14.7 Å². The number of aliphatic hydroxyl groups excluding tert-OH is 1. The largest absolute Gasteiger partial charge is 0.394 e. The minimum absolute atomic E-state index is 0.0970. The average molecular weight is 217 g/mol. The summed E-state index contributed by atoms with van der Waals surface area (Å²) in [4.78, 5) is 21.9. The van der Waals surface area contributed by atoms with E-state index < -0.39 is 17.9 Å². The van der Waals surface area contributed by atoms with Crippen LogP contribution in [0.15, 0.2) is 0 Å². The first kappa shape index (κ1) is 13.9. The van der Waals surface area contributed by atoms with E-state index in [0.717, 1.165) is 0 Å². The van der Waals surface area contributed by atoms with Crippen LogP contribution in [0.5, 0.6) is 0 Å². The summed E-state index contributed by atoms with van der Waals surface area (Å²) in [6, 6.07) is -1.30. The molecule has 15 heavy (non-hydrogen) atoms. The second-order valence-corrected chi connectivity index (χ2v) is 3.82. The molecule has 0 aliphatic rings. The van der Waals surface area contributed by atoms with Gasteiger partial charge in [-0.25, -0.2) is 0 Å². The number of amides is 2. The number of hydrogen-bond acceptors (Lipinski definition) is 4. The highest BCUT2D eigenvalue weighted by Gasteiger charge is 2.20. The molecule has 0 fully saturated rings. The number of nitrogens with one attached hydrogen (secondary N) is 1. The maximum atomic E-state index is 11.4. The molecule has 0 aromatic carbocycles. The van der Waals surface area contributed by atoms with Gasteiger partial charge in [0.15, 0.2) is 0 Å². The van der Waals surface area contributed by atoms with Crippen molar-refractivity contribution in [3.63, 3.8) is 0 Å². The third-order valence-corrected chi connectivity index (χ3v) is 2.09. The van der Waals surface area contributed by atoms with Crippen molar-refractivity contribution in [1.82, 2.24) is 5.32 Å². The number of carbonyl (C=O) groups excluding carboxylic acids is 2. The second kappa shape index (κ2) is 6.36. The summed E-state index contributed by atoms with van der Waals surface area (Å²) in [6.07, 6.45) is -0.192. The van der Waals surface area contributed by atoms with Gasteiger partial charge in [-0.1, -0.05) is 13.8 Å². The summed E-state index contributed by atoms with van der Waals surface area (Å²) < 4.78 is 0. The van der Waals surface area contributed by atoms with Crippen molar-refractivity contribution in [2.75, 3.05) is 6.61 Å². The molecule has 6 N–H and O–H groups in total. The lowest BCUT2D eigenvalue weighted by Gasteiger charge is -2.21. The predicted octanol–water partition coefficient (Wildman–Crippen LogP) is -1.68. The quantitative estimate of drug-likeness (QED) is 0.425. The third kappa shape index (κ3) is 5.34. The Bertz CT molecular complexity index is 231. The minimum atomic E-state index is -0.949. The van der Waals surface area contributed by atoms with Gasteiger partial charge in [0.1, 0.15) is 0 Å². The van der Waals surface area contributed by atoms with Gasteiger partial charge in [-0.05, 0) is 5.92 Å². The van der Waals surface area contributed by atoms with Crippen molar-refractivity contribution in [1.29, 1.82) is 0 Å². The van der Waals surface area contributed by atoms with Gasteiger partial charge in [-0.15, -0.1) is 0 Å². The van der Waals surface area contributed by atoms with E-state index in [1.807, 2.05) is 13.8 Å². The first-order valence-corrected chi connectivity index (χ1v) is 4.83. The summed E-state index contributed by atoms with van der Waals surface area (Å²) in [6.45, 7) is 3.56. The van der Waals surface area contributed by atoms with Crippen molar-refractivity contribution >= 4 is 11.8 Å². The number of nitrogens with two attached hydrogens (primary N) is 2. The van der Waals surface area contributed by atoms with Gasteiger partial charge in [-0.2, -0.15) is 0 Å². The molecule has 0 radical (unpaired) electrons. The maximum absolute atomic E-state index is 11.4. The van der Waals surface area contributed by atoms with E-state index in [9.17, 15) is 9.59 Å². The lowest BCUT2D eigenvalue weighted by molar-refractivity contribution is -0.127. The van der Waals surface area contributed by atoms with Crippen molar-refractivity contribution in [3.05, 3.63) is 0 Å². The van der Waals surface area contributed by atoms with Gasteiger partial charge < -0.3 is 21.9 Å². The molecule has 0 aromatic rings. The molecule has 6 nitrogen and oxygen atoms in total. The van der Waals surface area contributed by atoms with E-state index in [1.165, 1.54) is 0 Å². The van der Waals surface area contributed by atoms with Gasteiger partial charge in [-0.3, -0.25) is 9.59 Å². The molecular formula is C9H19N3O3. The molecule has 2 atom stereocenters. The van der Waals surface area contributed by atoms with E-state index in [1.54, 1.807) is 0 Å². The number of hydrogen-bond donors (Lipinski definition) is 4. The van der Waals surface area contributed by atoms with Crippen LogP contribution in [0.3, 0.4) is 0 Å². The zero-order chi connectivity index (χ0) is 12.0. The molecule has 0 aliphatic heterocycles. The Labute approximate surface area is 89.0 Å². The molecule has 0 saturated carbocycles. The van der Waals surface area contributed by atoms with Crippen LogP contribution in [-0.2, 0) is 9.59 Å². The normalized spacial score (nSPS) is 14.7. The third-order valence-electron chi connectivity index (χ3n) is 2.09. The lowest BCUT2D eigenvalue weighted by atomic mass is 10.0. The Morgan fingerprint density at radius 1 is 1.40 bits per heavy atom. The highest BCUT2D eigenvalue weighted by molar-refractivity contribution is 5.87. The van der Waals surface area contributed by atoms with Gasteiger partial charge in [0.2, 0.25) is 11.8 Å². The van der Waals surface area contributed by atoms with Crippen LogP contribution in [0.2, 0.25) is 0 Å². The van der Waals surface area contributed by atoms with Crippen LogP contribution in [-0.4, -0.2) is 35.6 Å². The van der Waals surface area contributed by atoms with Crippen LogP contribution in [0.4, 0.5) is 0 Å². The van der Waals surface area contributed by atoms with Crippen LogP contribution in [0.1, 0.15) is 20.3 Å². The Kier molecular flexibility index (Phi) is 5.88. The molecule has 0 aromatic heterocycles. The van der Waals surface area contributed by atoms with E-state index in [4.69, 9.17) is 16.6 Å². The number of rotatable bonds is 6. The lowest BCUT2D eigenvalue weighted by Crippen LogP contribution is -2.49. The smallest absolute Gasteiger partial charge is 0.237 e. The molecule has 6 heteroatoms. The van der Waals surface area contributed by atoms with Gasteiger partial charge in [0, 0.05) is 0 Å². The predicted molar refractivity (Wildman–Crippen MR) is 55.6 cm³/mol. The van der Waals surface area contributed by atoms with Crippen LogP contribution in [0.25, 0.3) is 0 Å². The summed E-state index contributed by atoms with van der Waals surface area (Å²) in [5.41, 5.74) is 10.3. The van der Waals surface area contributed by atoms with Gasteiger partial charge in [0.05, 0.1) is 25.1 Å². The van der Waals surface area contributed by atoms with E-state index in [2.05, 4.69) is 5.32 Å². The van der Waals surface area contributed by atoms with E-state index >= 15 is 0 Å². The van der Waals surface area contributed by atoms with Gasteiger partial charge in [0.25, 0.3) is 0 Å². The van der Waals surface area contributed by atoms with Crippen LogP contribution < -0.4 is 16.8 Å². The number of aliphatic hydroxyl groups is 1. The highest BCUT2D eigenvalue weighted by atomic mass is 16.3.